The van der Waals surface area contributed by atoms with E-state index in [0.29, 0.717) is 12.0 Å². The van der Waals surface area contributed by atoms with Crippen molar-refractivity contribution in [3.05, 3.63) is 96.1 Å². The summed E-state index contributed by atoms with van der Waals surface area (Å²) in [7, 11) is 0. The number of carbonyl (C=O) groups excluding carboxylic acids is 2. The van der Waals surface area contributed by atoms with Crippen LogP contribution in [0.15, 0.2) is 84.9 Å². The fraction of sp³-hybridized carbons (Fsp3) is 0.0800. The Morgan fingerprint density at radius 3 is 2.03 bits per heavy atom. The molecule has 1 aromatic heterocycles. The second kappa shape index (κ2) is 8.57. The van der Waals surface area contributed by atoms with Crippen molar-refractivity contribution in [2.24, 2.45) is 5.73 Å². The van der Waals surface area contributed by atoms with Crippen molar-refractivity contribution < 1.29 is 9.59 Å². The van der Waals surface area contributed by atoms with Gasteiger partial charge in [0.05, 0.1) is 16.6 Å². The molecule has 148 valence electrons. The Morgan fingerprint density at radius 2 is 1.43 bits per heavy atom. The highest BCUT2D eigenvalue weighted by atomic mass is 16.2. The molecule has 0 unspecified atom stereocenters. The average Bonchev–Trinajstić information content (AvgIpc) is 2.77. The van der Waals surface area contributed by atoms with Gasteiger partial charge in [-0.3, -0.25) is 9.59 Å². The zero-order chi connectivity index (χ0) is 20.9. The second-order valence-electron chi connectivity index (χ2n) is 7.00. The van der Waals surface area contributed by atoms with Gasteiger partial charge in [-0.05, 0) is 24.1 Å². The number of carbonyl (C=O) groups is 2. The van der Waals surface area contributed by atoms with Crippen LogP contribution >= 0.6 is 0 Å². The van der Waals surface area contributed by atoms with Crippen molar-refractivity contribution in [1.29, 1.82) is 0 Å². The molecule has 4 rings (SSSR count). The third-order valence-electron chi connectivity index (χ3n) is 4.95. The van der Waals surface area contributed by atoms with Crippen LogP contribution in [0.3, 0.4) is 0 Å². The lowest BCUT2D eigenvalue weighted by Gasteiger charge is -2.16. The van der Waals surface area contributed by atoms with E-state index < -0.39 is 11.9 Å². The van der Waals surface area contributed by atoms with Gasteiger partial charge < -0.3 is 11.1 Å². The number of fused-ring (bicyclic) bond motifs is 2. The summed E-state index contributed by atoms with van der Waals surface area (Å²) in [6.07, 6.45) is 4.05. The predicted octanol–water partition coefficient (Wildman–Crippen LogP) is 4.08. The van der Waals surface area contributed by atoms with E-state index in [4.69, 9.17) is 5.73 Å². The smallest absolute Gasteiger partial charge is 0.253 e. The number of primary amides is 1. The van der Waals surface area contributed by atoms with Crippen LogP contribution in [-0.4, -0.2) is 22.8 Å². The first-order valence-corrected chi connectivity index (χ1v) is 9.73. The molecule has 0 saturated heterocycles. The summed E-state index contributed by atoms with van der Waals surface area (Å²) in [5, 5.41) is 4.28. The first-order chi connectivity index (χ1) is 14.6. The van der Waals surface area contributed by atoms with Gasteiger partial charge in [0.2, 0.25) is 5.91 Å². The molecule has 0 aliphatic carbocycles. The summed E-state index contributed by atoms with van der Waals surface area (Å²) in [6.45, 7) is 0. The monoisotopic (exact) mass is 395 g/mol. The van der Waals surface area contributed by atoms with Crippen LogP contribution in [0.2, 0.25) is 0 Å². The van der Waals surface area contributed by atoms with E-state index in [0.717, 1.165) is 27.4 Å². The second-order valence-corrected chi connectivity index (χ2v) is 7.00. The largest absolute Gasteiger partial charge is 0.368 e. The number of benzene rings is 3. The van der Waals surface area contributed by atoms with E-state index in [9.17, 15) is 9.59 Å². The summed E-state index contributed by atoms with van der Waals surface area (Å²) in [5.41, 5.74) is 8.52. The molecule has 0 radical (unpaired) electrons. The summed E-state index contributed by atoms with van der Waals surface area (Å²) in [4.78, 5) is 29.9. The molecule has 2 amide bonds. The van der Waals surface area contributed by atoms with Crippen LogP contribution in [-0.2, 0) is 4.79 Å². The maximum Gasteiger partial charge on any atom is 0.253 e. The van der Waals surface area contributed by atoms with E-state index in [1.165, 1.54) is 0 Å². The lowest BCUT2D eigenvalue weighted by atomic mass is 10.0. The molecule has 0 bridgehead atoms. The van der Waals surface area contributed by atoms with E-state index in [1.807, 2.05) is 91.0 Å². The number of rotatable bonds is 6. The number of nitrogens with two attached hydrogens (primary N) is 1. The fourth-order valence-corrected chi connectivity index (χ4v) is 3.47. The van der Waals surface area contributed by atoms with Crippen LogP contribution in [0.5, 0.6) is 0 Å². The molecular formula is C25H21N3O2. The molecule has 3 aromatic carbocycles. The van der Waals surface area contributed by atoms with Gasteiger partial charge in [0.25, 0.3) is 5.91 Å². The number of aromatic nitrogens is 1. The molecular weight excluding hydrogens is 374 g/mol. The predicted molar refractivity (Wildman–Crippen MR) is 120 cm³/mol. The van der Waals surface area contributed by atoms with E-state index in [1.54, 1.807) is 0 Å². The molecule has 0 spiro atoms. The molecule has 4 aromatic rings. The van der Waals surface area contributed by atoms with Crippen LogP contribution < -0.4 is 11.1 Å². The normalized spacial score (nSPS) is 12.3. The van der Waals surface area contributed by atoms with Gasteiger partial charge in [-0.2, -0.15) is 0 Å². The number of nitrogens with one attached hydrogen (secondary N) is 1. The van der Waals surface area contributed by atoms with Crippen molar-refractivity contribution in [3.63, 3.8) is 0 Å². The fourth-order valence-electron chi connectivity index (χ4n) is 3.47. The molecule has 3 N–H and O–H groups in total. The summed E-state index contributed by atoms with van der Waals surface area (Å²) >= 11 is 0. The van der Waals surface area contributed by atoms with E-state index >= 15 is 0 Å². The number of hydrogen-bond acceptors (Lipinski definition) is 3. The van der Waals surface area contributed by atoms with Gasteiger partial charge >= 0.3 is 0 Å². The van der Waals surface area contributed by atoms with Crippen molar-refractivity contribution in [2.45, 2.75) is 12.5 Å². The minimum atomic E-state index is -0.817. The van der Waals surface area contributed by atoms with Gasteiger partial charge in [0.15, 0.2) is 0 Å². The highest BCUT2D eigenvalue weighted by Crippen LogP contribution is 2.26. The SMILES string of the molecule is NC(=O)[C@H](C/C=C/c1ccccc1)NC(=O)c1c2ccccc2nc2ccccc12. The molecule has 0 fully saturated rings. The summed E-state index contributed by atoms with van der Waals surface area (Å²) < 4.78 is 0. The Balaban J connectivity index is 1.65. The molecule has 5 nitrogen and oxygen atoms in total. The van der Waals surface area contributed by atoms with Crippen LogP contribution in [0.1, 0.15) is 22.3 Å². The van der Waals surface area contributed by atoms with Crippen LogP contribution in [0.4, 0.5) is 0 Å². The lowest BCUT2D eigenvalue weighted by Crippen LogP contribution is -2.44. The molecule has 0 aliphatic heterocycles. The Bertz CT molecular complexity index is 1200. The Labute approximate surface area is 174 Å². The number of para-hydroxylation sites is 2. The Hall–Kier alpha value is -3.99. The highest BCUT2D eigenvalue weighted by Gasteiger charge is 2.21. The first kappa shape index (κ1) is 19.3. The van der Waals surface area contributed by atoms with E-state index in [2.05, 4.69) is 10.3 Å². The first-order valence-electron chi connectivity index (χ1n) is 9.73. The third kappa shape index (κ3) is 4.05. The molecule has 1 heterocycles. The van der Waals surface area contributed by atoms with Gasteiger partial charge in [0.1, 0.15) is 6.04 Å². The van der Waals surface area contributed by atoms with Crippen LogP contribution in [0, 0.1) is 0 Å². The minimum Gasteiger partial charge on any atom is -0.368 e. The van der Waals surface area contributed by atoms with Gasteiger partial charge in [-0.15, -0.1) is 0 Å². The number of amides is 2. The zero-order valence-electron chi connectivity index (χ0n) is 16.3. The summed E-state index contributed by atoms with van der Waals surface area (Å²) in [6, 6.07) is 23.9. The molecule has 30 heavy (non-hydrogen) atoms. The summed E-state index contributed by atoms with van der Waals surface area (Å²) in [5.74, 6) is -0.926. The average molecular weight is 395 g/mol. The van der Waals surface area contributed by atoms with Crippen LogP contribution in [0.25, 0.3) is 27.9 Å². The third-order valence-corrected chi connectivity index (χ3v) is 4.95. The Kier molecular flexibility index (Phi) is 5.52. The van der Waals surface area contributed by atoms with E-state index in [-0.39, 0.29) is 5.91 Å². The standard InChI is InChI=1S/C25H21N3O2/c26-24(29)22(16-8-11-17-9-2-1-3-10-17)28-25(30)23-18-12-4-6-14-20(18)27-21-15-7-5-13-19(21)23/h1-15,22H,16H2,(H2,26,29)(H,28,30)/b11-8+/t22-/m0/s1. The zero-order valence-corrected chi connectivity index (χ0v) is 16.3. The number of pyridine rings is 1. The maximum atomic E-state index is 13.2. The number of nitrogens with zero attached hydrogens (tertiary/aromatic N) is 1. The van der Waals surface area contributed by atoms with Crippen molar-refractivity contribution in [3.8, 4) is 0 Å². The van der Waals surface area contributed by atoms with Gasteiger partial charge in [0, 0.05) is 10.8 Å². The van der Waals surface area contributed by atoms with Gasteiger partial charge in [-0.25, -0.2) is 4.98 Å². The van der Waals surface area contributed by atoms with Crippen molar-refractivity contribution in [2.75, 3.05) is 0 Å². The quantitative estimate of drug-likeness (QED) is 0.483. The topological polar surface area (TPSA) is 85.1 Å². The molecule has 5 heteroatoms. The van der Waals surface area contributed by atoms with Gasteiger partial charge in [-0.1, -0.05) is 78.9 Å². The maximum absolute atomic E-state index is 13.2. The highest BCUT2D eigenvalue weighted by molar-refractivity contribution is 6.16. The number of hydrogen-bond donors (Lipinski definition) is 2. The molecule has 0 saturated carbocycles. The minimum absolute atomic E-state index is 0.302. The Morgan fingerprint density at radius 1 is 0.867 bits per heavy atom. The molecule has 0 aliphatic rings. The van der Waals surface area contributed by atoms with Crippen molar-refractivity contribution >= 4 is 39.7 Å². The lowest BCUT2D eigenvalue weighted by molar-refractivity contribution is -0.119. The molecule has 1 atom stereocenters. The van der Waals surface area contributed by atoms with Crippen molar-refractivity contribution in [1.82, 2.24) is 10.3 Å².